The third-order valence-corrected chi connectivity index (χ3v) is 1.64. The minimum atomic E-state index is -1.08. The maximum absolute atomic E-state index is 10.2. The normalized spacial score (nSPS) is 11.6. The lowest BCUT2D eigenvalue weighted by Crippen LogP contribution is -2.56. The largest absolute Gasteiger partial charge is 0.480 e. The summed E-state index contributed by atoms with van der Waals surface area (Å²) in [7, 11) is 1.41. The number of aliphatic hydroxyl groups is 2. The summed E-state index contributed by atoms with van der Waals surface area (Å²) in [6.07, 6.45) is 0. The van der Waals surface area contributed by atoms with Crippen LogP contribution in [0.15, 0.2) is 0 Å². The summed E-state index contributed by atoms with van der Waals surface area (Å²) in [5.41, 5.74) is -1.08. The average molecular weight is 193 g/mol. The van der Waals surface area contributed by atoms with Crippen molar-refractivity contribution in [3.05, 3.63) is 0 Å². The predicted molar refractivity (Wildman–Crippen MR) is 44.4 cm³/mol. The summed E-state index contributed by atoms with van der Waals surface area (Å²) in [6.45, 7) is -1.05. The molecule has 0 aliphatic heterocycles. The molecule has 0 saturated heterocycles. The highest BCUT2D eigenvalue weighted by Crippen LogP contribution is 2.02. The fourth-order valence-corrected chi connectivity index (χ4v) is 0.844. The molecule has 0 heterocycles. The molecule has 0 spiro atoms. The molecule has 0 aromatic rings. The topological polar surface area (TPSA) is 99.0 Å². The maximum Gasteiger partial charge on any atom is 0.317 e. The molecule has 0 saturated carbocycles. The summed E-state index contributed by atoms with van der Waals surface area (Å²) in [4.78, 5) is 10.2. The van der Waals surface area contributed by atoms with E-state index in [1.807, 2.05) is 0 Å². The molecule has 6 nitrogen and oxygen atoms in total. The quantitative estimate of drug-likeness (QED) is 0.374. The van der Waals surface area contributed by atoms with E-state index in [2.05, 4.69) is 5.32 Å². The average Bonchev–Trinajstić information content (AvgIpc) is 2.12. The van der Waals surface area contributed by atoms with Crippen molar-refractivity contribution in [2.24, 2.45) is 0 Å². The summed E-state index contributed by atoms with van der Waals surface area (Å²) in [5.74, 6) is -1.05. The van der Waals surface area contributed by atoms with Gasteiger partial charge in [0.15, 0.2) is 0 Å². The Morgan fingerprint density at radius 1 is 1.46 bits per heavy atom. The second kappa shape index (κ2) is 5.87. The van der Waals surface area contributed by atoms with Crippen LogP contribution in [0.25, 0.3) is 0 Å². The zero-order chi connectivity index (χ0) is 10.3. The SMILES string of the molecule is COCC(CO)(CO)NCC(=O)O. The third kappa shape index (κ3) is 4.18. The summed E-state index contributed by atoms with van der Waals surface area (Å²) < 4.78 is 4.75. The van der Waals surface area contributed by atoms with Gasteiger partial charge in [0.2, 0.25) is 0 Å². The molecule has 0 amide bonds. The van der Waals surface area contributed by atoms with Gasteiger partial charge in [-0.1, -0.05) is 0 Å². The van der Waals surface area contributed by atoms with E-state index < -0.39 is 11.5 Å². The number of hydrogen-bond acceptors (Lipinski definition) is 5. The van der Waals surface area contributed by atoms with Gasteiger partial charge in [0.1, 0.15) is 0 Å². The lowest BCUT2D eigenvalue weighted by molar-refractivity contribution is -0.136. The Morgan fingerprint density at radius 3 is 2.31 bits per heavy atom. The van der Waals surface area contributed by atoms with Crippen LogP contribution in [0, 0.1) is 0 Å². The minimum Gasteiger partial charge on any atom is -0.480 e. The third-order valence-electron chi connectivity index (χ3n) is 1.64. The van der Waals surface area contributed by atoms with Crippen LogP contribution in [0.3, 0.4) is 0 Å². The zero-order valence-corrected chi connectivity index (χ0v) is 7.49. The van der Waals surface area contributed by atoms with Crippen molar-refractivity contribution in [1.29, 1.82) is 0 Å². The molecule has 0 unspecified atom stereocenters. The molecule has 13 heavy (non-hydrogen) atoms. The zero-order valence-electron chi connectivity index (χ0n) is 7.49. The highest BCUT2D eigenvalue weighted by molar-refractivity contribution is 5.69. The van der Waals surface area contributed by atoms with Gasteiger partial charge in [-0.3, -0.25) is 10.1 Å². The van der Waals surface area contributed by atoms with Gasteiger partial charge in [-0.25, -0.2) is 0 Å². The highest BCUT2D eigenvalue weighted by atomic mass is 16.5. The molecule has 0 aliphatic rings. The van der Waals surface area contributed by atoms with Gasteiger partial charge >= 0.3 is 5.97 Å². The first kappa shape index (κ1) is 12.3. The van der Waals surface area contributed by atoms with Crippen LogP contribution in [0.2, 0.25) is 0 Å². The molecule has 0 atom stereocenters. The van der Waals surface area contributed by atoms with Gasteiger partial charge < -0.3 is 20.1 Å². The number of carboxylic acid groups (broad SMARTS) is 1. The van der Waals surface area contributed by atoms with E-state index in [-0.39, 0.29) is 26.4 Å². The molecule has 6 heteroatoms. The Balaban J connectivity index is 4.12. The van der Waals surface area contributed by atoms with Crippen LogP contribution >= 0.6 is 0 Å². The highest BCUT2D eigenvalue weighted by Gasteiger charge is 2.28. The molecule has 4 N–H and O–H groups in total. The number of ether oxygens (including phenoxy) is 1. The van der Waals surface area contributed by atoms with Crippen molar-refractivity contribution < 1.29 is 24.9 Å². The second-order valence-electron chi connectivity index (χ2n) is 2.78. The Hall–Kier alpha value is -0.690. The monoisotopic (exact) mass is 193 g/mol. The van der Waals surface area contributed by atoms with Crippen molar-refractivity contribution in [1.82, 2.24) is 5.32 Å². The van der Waals surface area contributed by atoms with E-state index >= 15 is 0 Å². The van der Waals surface area contributed by atoms with Crippen molar-refractivity contribution in [2.45, 2.75) is 5.54 Å². The van der Waals surface area contributed by atoms with Crippen molar-refractivity contribution in [3.63, 3.8) is 0 Å². The lowest BCUT2D eigenvalue weighted by atomic mass is 10.0. The first-order chi connectivity index (χ1) is 6.10. The summed E-state index contributed by atoms with van der Waals surface area (Å²) in [5, 5.41) is 28.7. The summed E-state index contributed by atoms with van der Waals surface area (Å²) >= 11 is 0. The molecular formula is C7H15NO5. The van der Waals surface area contributed by atoms with Gasteiger partial charge in [0.05, 0.1) is 31.9 Å². The molecule has 0 bridgehead atoms. The smallest absolute Gasteiger partial charge is 0.317 e. The maximum atomic E-state index is 10.2. The number of carboxylic acids is 1. The molecule has 0 aromatic heterocycles. The second-order valence-corrected chi connectivity index (χ2v) is 2.78. The van der Waals surface area contributed by atoms with Gasteiger partial charge in [-0.15, -0.1) is 0 Å². The van der Waals surface area contributed by atoms with E-state index in [9.17, 15) is 4.79 Å². The first-order valence-corrected chi connectivity index (χ1v) is 3.77. The number of rotatable bonds is 7. The Bertz CT molecular complexity index is 157. The van der Waals surface area contributed by atoms with Gasteiger partial charge in [0.25, 0.3) is 0 Å². The number of aliphatic carboxylic acids is 1. The molecule has 78 valence electrons. The lowest BCUT2D eigenvalue weighted by Gasteiger charge is -2.29. The van der Waals surface area contributed by atoms with E-state index in [0.717, 1.165) is 0 Å². The van der Waals surface area contributed by atoms with Crippen LogP contribution in [0.1, 0.15) is 0 Å². The van der Waals surface area contributed by atoms with E-state index in [4.69, 9.17) is 20.1 Å². The van der Waals surface area contributed by atoms with Gasteiger partial charge in [-0.05, 0) is 0 Å². The molecule has 0 rings (SSSR count). The number of aliphatic hydroxyl groups excluding tert-OH is 2. The van der Waals surface area contributed by atoms with Crippen LogP contribution in [-0.4, -0.2) is 60.3 Å². The van der Waals surface area contributed by atoms with Crippen molar-refractivity contribution in [2.75, 3.05) is 33.5 Å². The van der Waals surface area contributed by atoms with E-state index in [0.29, 0.717) is 0 Å². The molecular weight excluding hydrogens is 178 g/mol. The fourth-order valence-electron chi connectivity index (χ4n) is 0.844. The van der Waals surface area contributed by atoms with Crippen LogP contribution < -0.4 is 5.32 Å². The Kier molecular flexibility index (Phi) is 5.56. The predicted octanol–water partition coefficient (Wildman–Crippen LogP) is -1.97. The standard InChI is InChI=1S/C7H15NO5/c1-13-5-7(3-9,4-10)8-2-6(11)12/h8-10H,2-5H2,1H3,(H,11,12). The van der Waals surface area contributed by atoms with Crippen molar-refractivity contribution in [3.8, 4) is 0 Å². The number of methoxy groups -OCH3 is 1. The Morgan fingerprint density at radius 2 is 2.00 bits per heavy atom. The van der Waals surface area contributed by atoms with Gasteiger partial charge in [-0.2, -0.15) is 0 Å². The van der Waals surface area contributed by atoms with Crippen LogP contribution in [0.4, 0.5) is 0 Å². The fraction of sp³-hybridized carbons (Fsp3) is 0.857. The molecule has 0 aromatic carbocycles. The van der Waals surface area contributed by atoms with Crippen LogP contribution in [0.5, 0.6) is 0 Å². The summed E-state index contributed by atoms with van der Waals surface area (Å²) in [6, 6.07) is 0. The Labute approximate surface area is 76.1 Å². The number of hydrogen-bond donors (Lipinski definition) is 4. The minimum absolute atomic E-state index is 0.0489. The van der Waals surface area contributed by atoms with Crippen LogP contribution in [-0.2, 0) is 9.53 Å². The number of nitrogens with one attached hydrogen (secondary N) is 1. The molecule has 0 radical (unpaired) electrons. The molecule has 0 fully saturated rings. The number of carbonyl (C=O) groups is 1. The first-order valence-electron chi connectivity index (χ1n) is 3.77. The molecule has 0 aliphatic carbocycles. The van der Waals surface area contributed by atoms with E-state index in [1.54, 1.807) is 0 Å². The van der Waals surface area contributed by atoms with Crippen molar-refractivity contribution >= 4 is 5.97 Å². The van der Waals surface area contributed by atoms with E-state index in [1.165, 1.54) is 7.11 Å². The van der Waals surface area contributed by atoms with Gasteiger partial charge in [0, 0.05) is 7.11 Å².